The van der Waals surface area contributed by atoms with Crippen LogP contribution < -0.4 is 10.6 Å². The molecule has 6 aromatic rings. The zero-order chi connectivity index (χ0) is 29.6. The summed E-state index contributed by atoms with van der Waals surface area (Å²) in [4.78, 5) is 3.75. The second-order valence-electron chi connectivity index (χ2n) is 12.0. The molecule has 4 atom stereocenters. The van der Waals surface area contributed by atoms with Gasteiger partial charge in [-0.25, -0.2) is 0 Å². The molecule has 0 amide bonds. The minimum atomic E-state index is 0.201. The molecular weight excluding hydrogens is 544 g/mol. The minimum Gasteiger partial charge on any atom is -0.316 e. The van der Waals surface area contributed by atoms with E-state index in [0.717, 1.165) is 26.2 Å². The third-order valence-corrected chi connectivity index (χ3v) is 9.16. The van der Waals surface area contributed by atoms with Crippen LogP contribution in [-0.2, 0) is 0 Å². The highest BCUT2D eigenvalue weighted by atomic mass is 15.5. The van der Waals surface area contributed by atoms with E-state index in [1.807, 2.05) is 9.59 Å². The van der Waals surface area contributed by atoms with E-state index in [9.17, 15) is 0 Å². The van der Waals surface area contributed by atoms with Gasteiger partial charge < -0.3 is 10.6 Å². The van der Waals surface area contributed by atoms with Crippen molar-refractivity contribution in [3.8, 4) is 0 Å². The van der Waals surface area contributed by atoms with Gasteiger partial charge >= 0.3 is 0 Å². The zero-order valence-electron chi connectivity index (χ0n) is 25.0. The maximum absolute atomic E-state index is 4.43. The molecule has 8 rings (SSSR count). The number of fused-ring (bicyclic) bond motifs is 2. The molecule has 8 heteroatoms. The first-order chi connectivity index (χ1) is 21.8. The van der Waals surface area contributed by atoms with Crippen LogP contribution in [0.1, 0.15) is 48.9 Å². The molecule has 0 saturated carbocycles. The lowest BCUT2D eigenvalue weighted by Gasteiger charge is -2.30. The molecule has 224 valence electrons. The number of hydrogen-bond acceptors (Lipinski definition) is 6. The molecular formula is C36H40N8. The van der Waals surface area contributed by atoms with Crippen LogP contribution in [0.5, 0.6) is 0 Å². The summed E-state index contributed by atoms with van der Waals surface area (Å²) < 4.78 is 0. The van der Waals surface area contributed by atoms with Gasteiger partial charge in [0, 0.05) is 13.1 Å². The summed E-state index contributed by atoms with van der Waals surface area (Å²) in [5.74, 6) is 1.06. The van der Waals surface area contributed by atoms with E-state index in [2.05, 4.69) is 116 Å². The Labute approximate surface area is 258 Å². The Morgan fingerprint density at radius 2 is 0.932 bits per heavy atom. The highest BCUT2D eigenvalue weighted by molar-refractivity contribution is 5.83. The first-order valence-corrected chi connectivity index (χ1v) is 15.9. The van der Waals surface area contributed by atoms with Gasteiger partial charge in [-0.05, 0) is 95.4 Å². The van der Waals surface area contributed by atoms with Crippen LogP contribution in [0.25, 0.3) is 21.5 Å². The van der Waals surface area contributed by atoms with Crippen molar-refractivity contribution in [2.24, 2.45) is 11.8 Å². The predicted molar refractivity (Wildman–Crippen MR) is 175 cm³/mol. The number of hydrogen-bond donors (Lipinski definition) is 2. The van der Waals surface area contributed by atoms with E-state index >= 15 is 0 Å². The van der Waals surface area contributed by atoms with E-state index in [1.54, 1.807) is 24.8 Å². The van der Waals surface area contributed by atoms with Crippen molar-refractivity contribution >= 4 is 21.5 Å². The first kappa shape index (κ1) is 28.4. The first-order valence-electron chi connectivity index (χ1n) is 15.9. The van der Waals surface area contributed by atoms with Crippen LogP contribution >= 0.6 is 0 Å². The molecule has 0 unspecified atom stereocenters. The Balaban J connectivity index is 0.000000142. The smallest absolute Gasteiger partial charge is 0.101 e. The highest BCUT2D eigenvalue weighted by Crippen LogP contribution is 2.33. The maximum Gasteiger partial charge on any atom is 0.101 e. The van der Waals surface area contributed by atoms with Gasteiger partial charge in [-0.3, -0.25) is 0 Å². The molecule has 4 aromatic carbocycles. The Hall–Kier alpha value is -4.40. The number of nitrogens with one attached hydrogen (secondary N) is 2. The second-order valence-corrected chi connectivity index (χ2v) is 12.0. The lowest BCUT2D eigenvalue weighted by atomic mass is 9.87. The summed E-state index contributed by atoms with van der Waals surface area (Å²) in [5.41, 5.74) is 2.59. The Morgan fingerprint density at radius 1 is 0.523 bits per heavy atom. The van der Waals surface area contributed by atoms with E-state index in [1.165, 1.54) is 58.4 Å². The number of benzene rings is 4. The SMILES string of the molecule is c1ccc2cc([C@@H]([C@@H]3CCCNC3)n3nccn3)ccc2c1.c1ccc2cc([C@H]([C@H]3CCCNC3)n3nccn3)ccc2c1. The van der Waals surface area contributed by atoms with Crippen LogP contribution in [0.3, 0.4) is 0 Å². The third kappa shape index (κ3) is 6.27. The number of piperidine rings is 2. The zero-order valence-corrected chi connectivity index (χ0v) is 25.0. The normalized spacial score (nSPS) is 20.1. The number of nitrogens with zero attached hydrogens (tertiary/aromatic N) is 6. The number of aromatic nitrogens is 6. The molecule has 2 fully saturated rings. The maximum atomic E-state index is 4.43. The van der Waals surface area contributed by atoms with E-state index < -0.39 is 0 Å². The standard InChI is InChI=1S/2C18H20N4/c2*1-2-5-15-12-16(8-7-14(15)4-1)18(22-20-10-11-21-22)17-6-3-9-19-13-17/h2*1-2,4-5,7-8,10-12,17-19H,3,6,9,13H2/t2*17-,18+/m10/s1. The van der Waals surface area contributed by atoms with Crippen LogP contribution in [0.2, 0.25) is 0 Å². The summed E-state index contributed by atoms with van der Waals surface area (Å²) in [6.45, 7) is 4.29. The quantitative estimate of drug-likeness (QED) is 0.248. The van der Waals surface area contributed by atoms with Crippen molar-refractivity contribution in [3.05, 3.63) is 121 Å². The van der Waals surface area contributed by atoms with Gasteiger partial charge in [-0.1, -0.05) is 72.8 Å². The largest absolute Gasteiger partial charge is 0.316 e. The van der Waals surface area contributed by atoms with Gasteiger partial charge in [-0.2, -0.15) is 30.0 Å². The van der Waals surface area contributed by atoms with Crippen LogP contribution in [0, 0.1) is 11.8 Å². The summed E-state index contributed by atoms with van der Waals surface area (Å²) in [6, 6.07) is 30.9. The Bertz CT molecular complexity index is 1620. The predicted octanol–water partition coefficient (Wildman–Crippen LogP) is 6.04. The molecule has 8 nitrogen and oxygen atoms in total. The molecule has 2 aromatic heterocycles. The lowest BCUT2D eigenvalue weighted by Crippen LogP contribution is -2.36. The Kier molecular flexibility index (Phi) is 8.70. The molecule has 4 heterocycles. The fourth-order valence-electron chi connectivity index (χ4n) is 7.01. The monoisotopic (exact) mass is 584 g/mol. The van der Waals surface area contributed by atoms with Gasteiger partial charge in [0.25, 0.3) is 0 Å². The third-order valence-electron chi connectivity index (χ3n) is 9.16. The molecule has 2 N–H and O–H groups in total. The summed E-state index contributed by atoms with van der Waals surface area (Å²) in [7, 11) is 0. The average molecular weight is 585 g/mol. The van der Waals surface area contributed by atoms with Crippen molar-refractivity contribution in [1.82, 2.24) is 40.6 Å². The molecule has 2 saturated heterocycles. The molecule has 2 aliphatic heterocycles. The van der Waals surface area contributed by atoms with Crippen LogP contribution in [-0.4, -0.2) is 56.2 Å². The van der Waals surface area contributed by atoms with Crippen LogP contribution in [0.4, 0.5) is 0 Å². The lowest BCUT2D eigenvalue weighted by molar-refractivity contribution is 0.264. The summed E-state index contributed by atoms with van der Waals surface area (Å²) in [6.07, 6.45) is 11.9. The van der Waals surface area contributed by atoms with Crippen LogP contribution in [0.15, 0.2) is 110 Å². The molecule has 0 bridgehead atoms. The molecule has 0 radical (unpaired) electrons. The van der Waals surface area contributed by atoms with Crippen molar-refractivity contribution in [2.45, 2.75) is 37.8 Å². The fourth-order valence-corrected chi connectivity index (χ4v) is 7.01. The van der Waals surface area contributed by atoms with Crippen molar-refractivity contribution < 1.29 is 0 Å². The highest BCUT2D eigenvalue weighted by Gasteiger charge is 2.29. The fraction of sp³-hybridized carbons (Fsp3) is 0.333. The van der Waals surface area contributed by atoms with Gasteiger partial charge in [0.2, 0.25) is 0 Å². The summed E-state index contributed by atoms with van der Waals surface area (Å²) in [5, 5.41) is 29.8. The number of rotatable bonds is 6. The second kappa shape index (κ2) is 13.5. The van der Waals surface area contributed by atoms with Crippen molar-refractivity contribution in [2.75, 3.05) is 26.2 Å². The summed E-state index contributed by atoms with van der Waals surface area (Å²) >= 11 is 0. The van der Waals surface area contributed by atoms with Gasteiger partial charge in [0.15, 0.2) is 0 Å². The minimum absolute atomic E-state index is 0.201. The molecule has 0 aliphatic carbocycles. The van der Waals surface area contributed by atoms with Crippen molar-refractivity contribution in [3.63, 3.8) is 0 Å². The Morgan fingerprint density at radius 3 is 1.32 bits per heavy atom. The van der Waals surface area contributed by atoms with Gasteiger partial charge in [-0.15, -0.1) is 0 Å². The average Bonchev–Trinajstić information content (AvgIpc) is 3.82. The molecule has 44 heavy (non-hydrogen) atoms. The molecule has 2 aliphatic rings. The van der Waals surface area contributed by atoms with Crippen molar-refractivity contribution in [1.29, 1.82) is 0 Å². The van der Waals surface area contributed by atoms with E-state index in [4.69, 9.17) is 0 Å². The van der Waals surface area contributed by atoms with E-state index in [0.29, 0.717) is 11.8 Å². The topological polar surface area (TPSA) is 85.5 Å². The molecule has 0 spiro atoms. The van der Waals surface area contributed by atoms with E-state index in [-0.39, 0.29) is 12.1 Å². The van der Waals surface area contributed by atoms with Gasteiger partial charge in [0.1, 0.15) is 12.1 Å². The van der Waals surface area contributed by atoms with Gasteiger partial charge in [0.05, 0.1) is 24.8 Å².